The van der Waals surface area contributed by atoms with E-state index in [1.807, 2.05) is 12.1 Å². The zero-order valence-corrected chi connectivity index (χ0v) is 19.5. The highest BCUT2D eigenvalue weighted by Gasteiger charge is 2.54. The van der Waals surface area contributed by atoms with Crippen LogP contribution in [0.1, 0.15) is 11.1 Å². The third-order valence-corrected chi connectivity index (χ3v) is 5.88. The highest BCUT2D eigenvalue weighted by Crippen LogP contribution is 2.21. The summed E-state index contributed by atoms with van der Waals surface area (Å²) in [6.07, 6.45) is 1.38. The number of nitrogens with zero attached hydrogens (tertiary/aromatic N) is 5. The second-order valence-corrected chi connectivity index (χ2v) is 8.59. The van der Waals surface area contributed by atoms with Gasteiger partial charge < -0.3 is 5.11 Å². The van der Waals surface area contributed by atoms with Gasteiger partial charge in [-0.2, -0.15) is 5.43 Å². The van der Waals surface area contributed by atoms with Crippen molar-refractivity contribution in [3.63, 3.8) is 0 Å². The van der Waals surface area contributed by atoms with Crippen LogP contribution in [0.4, 0.5) is 4.79 Å². The van der Waals surface area contributed by atoms with Crippen LogP contribution in [0, 0.1) is 0 Å². The predicted molar refractivity (Wildman–Crippen MR) is 123 cm³/mol. The number of nitrogens with one attached hydrogen (secondary N) is 1. The average molecular weight is 518 g/mol. The smallest absolute Gasteiger partial charge is 0.421 e. The zero-order valence-electron chi connectivity index (χ0n) is 17.1. The predicted octanol–water partition coefficient (Wildman–Crippen LogP) is 1.33. The van der Waals surface area contributed by atoms with Crippen LogP contribution in [-0.4, -0.2) is 64.8 Å². The Kier molecular flexibility index (Phi) is 5.92. The Hall–Kier alpha value is -3.33. The normalized spacial score (nSPS) is 18.2. The fourth-order valence-corrected chi connectivity index (χ4v) is 3.92. The van der Waals surface area contributed by atoms with E-state index in [2.05, 4.69) is 31.1 Å². The molecule has 1 atom stereocenters. The van der Waals surface area contributed by atoms with Crippen LogP contribution in [-0.2, 0) is 11.3 Å². The lowest BCUT2D eigenvalue weighted by molar-refractivity contribution is -0.268. The first-order valence-corrected chi connectivity index (χ1v) is 10.7. The third kappa shape index (κ3) is 4.08. The maximum absolute atomic E-state index is 12.9. The number of hydrogen-bond donors (Lipinski definition) is 1. The number of amidine groups is 1. The Morgan fingerprint density at radius 3 is 2.62 bits per heavy atom. The first-order chi connectivity index (χ1) is 15.3. The molecule has 32 heavy (non-hydrogen) atoms. The molecule has 3 amide bonds. The molecule has 2 aliphatic rings. The monoisotopic (exact) mass is 516 g/mol. The number of likely N-dealkylation sites (N-methyl/N-ethyl adjacent to an activating group) is 2. The molecule has 1 N–H and O–H groups in total. The van der Waals surface area contributed by atoms with Crippen molar-refractivity contribution in [2.75, 3.05) is 14.1 Å². The van der Waals surface area contributed by atoms with Gasteiger partial charge in [0.1, 0.15) is 0 Å². The van der Waals surface area contributed by atoms with Gasteiger partial charge in [-0.05, 0) is 35.4 Å². The molecule has 11 heteroatoms. The number of imide groups is 1. The highest BCUT2D eigenvalue weighted by atomic mass is 79.9. The Bertz CT molecular complexity index is 1190. The summed E-state index contributed by atoms with van der Waals surface area (Å²) in [5.74, 6) is 0.00409. The van der Waals surface area contributed by atoms with Crippen molar-refractivity contribution in [3.05, 3.63) is 63.1 Å². The minimum Gasteiger partial charge on any atom is -0.872 e. The van der Waals surface area contributed by atoms with Crippen molar-refractivity contribution in [1.29, 1.82) is 0 Å². The summed E-state index contributed by atoms with van der Waals surface area (Å²) in [5, 5.41) is 16.7. The van der Waals surface area contributed by atoms with Crippen molar-refractivity contribution in [3.8, 4) is 5.75 Å². The van der Waals surface area contributed by atoms with Crippen LogP contribution in [0.2, 0.25) is 5.02 Å². The first kappa shape index (κ1) is 21.9. The number of hydrogen-bond acceptors (Lipinski definition) is 6. The first-order valence-electron chi connectivity index (χ1n) is 9.54. The molecule has 0 radical (unpaired) electrons. The Morgan fingerprint density at radius 1 is 1.19 bits per heavy atom. The van der Waals surface area contributed by atoms with Gasteiger partial charge in [-0.15, -0.1) is 5.10 Å². The quantitative estimate of drug-likeness (QED) is 0.374. The topological polar surface area (TPSA) is 105 Å². The average Bonchev–Trinajstić information content (AvgIpc) is 3.13. The van der Waals surface area contributed by atoms with Crippen molar-refractivity contribution in [2.24, 2.45) is 5.10 Å². The Labute approximate surface area is 197 Å². The van der Waals surface area contributed by atoms with Crippen LogP contribution >= 0.6 is 27.5 Å². The lowest BCUT2D eigenvalue weighted by Gasteiger charge is -2.31. The fraction of sp³-hybridized carbons (Fsp3) is 0.190. The van der Waals surface area contributed by atoms with Crippen molar-refractivity contribution in [2.45, 2.75) is 12.6 Å². The molecular weight excluding hydrogens is 500 g/mol. The Morgan fingerprint density at radius 2 is 1.91 bits per heavy atom. The minimum atomic E-state index is -0.794. The number of carbonyl (C=O) groups excluding carboxylic acids is 2. The third-order valence-electron chi connectivity index (χ3n) is 5.14. The molecule has 0 spiro atoms. The number of guanidine groups is 1. The molecule has 1 fully saturated rings. The number of hydrazone groups is 1. The SMILES string of the molecule is CN1C(=O)C2C(=[N+]=C(N/N=C/c3cc(Br)ccc3[O-])N2Cc2ccc(Cl)cc2)N(C)C1=O. The van der Waals surface area contributed by atoms with Gasteiger partial charge in [-0.25, -0.2) is 19.3 Å². The molecule has 1 unspecified atom stereocenters. The summed E-state index contributed by atoms with van der Waals surface area (Å²) in [5.41, 5.74) is 4.09. The largest absolute Gasteiger partial charge is 0.872 e. The van der Waals surface area contributed by atoms with E-state index in [4.69, 9.17) is 11.6 Å². The standard InChI is InChI=1S/C21H18BrClN6O3/c1-27-18-17(19(31)28(2)21(27)32)29(11-12-3-6-15(23)7-4-12)20(25-18)26-24-10-13-9-14(22)5-8-16(13)30/h3-10,17H,11H2,1-2H3,(H,24,30). The lowest BCUT2D eigenvalue weighted by Crippen LogP contribution is -2.63. The summed E-state index contributed by atoms with van der Waals surface area (Å²) in [6, 6.07) is 10.7. The number of rotatable bonds is 4. The van der Waals surface area contributed by atoms with Gasteiger partial charge in [0, 0.05) is 16.5 Å². The summed E-state index contributed by atoms with van der Waals surface area (Å²) in [4.78, 5) is 29.4. The molecule has 4 rings (SSSR count). The van der Waals surface area contributed by atoms with Crippen LogP contribution in [0.5, 0.6) is 5.75 Å². The van der Waals surface area contributed by atoms with Gasteiger partial charge >= 0.3 is 17.8 Å². The number of amides is 3. The Balaban J connectivity index is 1.66. The molecule has 164 valence electrons. The van der Waals surface area contributed by atoms with E-state index in [-0.39, 0.29) is 11.7 Å². The molecule has 0 bridgehead atoms. The van der Waals surface area contributed by atoms with E-state index in [0.717, 1.165) is 14.9 Å². The van der Waals surface area contributed by atoms with Gasteiger partial charge in [-0.1, -0.05) is 51.5 Å². The number of urea groups is 1. The van der Waals surface area contributed by atoms with Gasteiger partial charge in [0.2, 0.25) is 6.04 Å². The van der Waals surface area contributed by atoms with E-state index in [0.29, 0.717) is 23.0 Å². The van der Waals surface area contributed by atoms with Crippen molar-refractivity contribution in [1.82, 2.24) is 24.8 Å². The van der Waals surface area contributed by atoms with Crippen LogP contribution in [0.25, 0.3) is 0 Å². The van der Waals surface area contributed by atoms with E-state index in [1.54, 1.807) is 36.2 Å². The minimum absolute atomic E-state index is 0.185. The van der Waals surface area contributed by atoms with Gasteiger partial charge in [0.05, 0.1) is 19.8 Å². The summed E-state index contributed by atoms with van der Waals surface area (Å²) in [6.45, 7) is 0.317. The molecular formula is C21H18BrClN6O3. The second kappa shape index (κ2) is 8.66. The van der Waals surface area contributed by atoms with Crippen LogP contribution < -0.4 is 15.2 Å². The molecule has 9 nitrogen and oxygen atoms in total. The molecule has 0 saturated carbocycles. The summed E-state index contributed by atoms with van der Waals surface area (Å²) >= 11 is 9.32. The van der Waals surface area contributed by atoms with Gasteiger partial charge in [0.25, 0.3) is 5.91 Å². The van der Waals surface area contributed by atoms with Crippen molar-refractivity contribution < 1.29 is 14.7 Å². The van der Waals surface area contributed by atoms with Crippen molar-refractivity contribution >= 4 is 57.5 Å². The summed E-state index contributed by atoms with van der Waals surface area (Å²) < 4.78 is 5.22. The van der Waals surface area contributed by atoms with E-state index >= 15 is 0 Å². The zero-order chi connectivity index (χ0) is 23.0. The van der Waals surface area contributed by atoms with Crippen LogP contribution in [0.3, 0.4) is 0 Å². The second-order valence-electron chi connectivity index (χ2n) is 7.24. The summed E-state index contributed by atoms with van der Waals surface area (Å²) in [7, 11) is 3.00. The van der Waals surface area contributed by atoms with E-state index in [1.165, 1.54) is 24.2 Å². The number of fused-ring (bicyclic) bond motifs is 1. The maximum Gasteiger partial charge on any atom is 0.421 e. The van der Waals surface area contributed by atoms with Gasteiger partial charge in [-0.3, -0.25) is 9.69 Å². The number of carbonyl (C=O) groups is 2. The number of halogens is 2. The molecule has 1 saturated heterocycles. The van der Waals surface area contributed by atoms with Gasteiger partial charge in [0.15, 0.2) is 0 Å². The molecule has 2 heterocycles. The maximum atomic E-state index is 12.9. The number of benzene rings is 2. The molecule has 2 aliphatic heterocycles. The molecule has 2 aromatic carbocycles. The van der Waals surface area contributed by atoms with E-state index < -0.39 is 18.0 Å². The highest BCUT2D eigenvalue weighted by molar-refractivity contribution is 9.10. The molecule has 0 aliphatic carbocycles. The molecule has 0 aromatic heterocycles. The molecule has 2 aromatic rings. The lowest BCUT2D eigenvalue weighted by atomic mass is 10.1. The fourth-order valence-electron chi connectivity index (χ4n) is 3.42. The van der Waals surface area contributed by atoms with Crippen LogP contribution in [0.15, 0.2) is 52.0 Å². The van der Waals surface area contributed by atoms with E-state index in [9.17, 15) is 14.7 Å².